The number of benzene rings is 1. The Hall–Kier alpha value is -1.90. The quantitative estimate of drug-likeness (QED) is 0.507. The molecule has 0 aliphatic rings. The molecule has 0 aliphatic heterocycles. The first-order valence-corrected chi connectivity index (χ1v) is 4.20. The number of rotatable bonds is 1. The van der Waals surface area contributed by atoms with Crippen molar-refractivity contribution in [1.29, 1.82) is 0 Å². The van der Waals surface area contributed by atoms with E-state index in [1.165, 1.54) is 0 Å². The number of hydrogen-bond donors (Lipinski definition) is 0. The van der Waals surface area contributed by atoms with Crippen LogP contribution in [0.25, 0.3) is 11.0 Å². The zero-order valence-electron chi connectivity index (χ0n) is 7.61. The SMILES string of the molecule is Cc1cc2ccc(C=O)cc2oc1=O. The van der Waals surface area contributed by atoms with Crippen molar-refractivity contribution in [3.63, 3.8) is 0 Å². The van der Waals surface area contributed by atoms with Crippen LogP contribution < -0.4 is 5.63 Å². The van der Waals surface area contributed by atoms with Crippen LogP contribution >= 0.6 is 0 Å². The summed E-state index contributed by atoms with van der Waals surface area (Å²) in [5.41, 5.74) is 1.16. The van der Waals surface area contributed by atoms with Crippen molar-refractivity contribution in [2.75, 3.05) is 0 Å². The fourth-order valence-corrected chi connectivity index (χ4v) is 1.30. The van der Waals surface area contributed by atoms with Crippen molar-refractivity contribution in [2.45, 2.75) is 6.92 Å². The highest BCUT2D eigenvalue weighted by Gasteiger charge is 2.01. The molecule has 0 spiro atoms. The van der Waals surface area contributed by atoms with Gasteiger partial charge in [-0.2, -0.15) is 0 Å². The van der Waals surface area contributed by atoms with E-state index in [2.05, 4.69) is 0 Å². The highest BCUT2D eigenvalue weighted by molar-refractivity contribution is 5.85. The van der Waals surface area contributed by atoms with Crippen LogP contribution in [0, 0.1) is 6.92 Å². The summed E-state index contributed by atoms with van der Waals surface area (Å²) in [4.78, 5) is 21.7. The lowest BCUT2D eigenvalue weighted by atomic mass is 10.1. The maximum atomic E-state index is 11.2. The standard InChI is InChI=1S/C11H8O3/c1-7-4-9-3-2-8(6-12)5-10(9)14-11(7)13/h2-6H,1H3. The summed E-state index contributed by atoms with van der Waals surface area (Å²) < 4.78 is 5.02. The normalized spacial score (nSPS) is 10.4. The first kappa shape index (κ1) is 8.69. The predicted octanol–water partition coefficient (Wildman–Crippen LogP) is 1.91. The Bertz CT molecular complexity index is 552. The maximum Gasteiger partial charge on any atom is 0.339 e. The largest absolute Gasteiger partial charge is 0.423 e. The number of hydrogen-bond acceptors (Lipinski definition) is 3. The van der Waals surface area contributed by atoms with Crippen LogP contribution in [-0.2, 0) is 0 Å². The third-order valence-electron chi connectivity index (χ3n) is 2.07. The van der Waals surface area contributed by atoms with Crippen molar-refractivity contribution in [1.82, 2.24) is 0 Å². The molecule has 0 N–H and O–H groups in total. The number of aryl methyl sites for hydroxylation is 1. The van der Waals surface area contributed by atoms with Gasteiger partial charge in [-0.05, 0) is 19.1 Å². The molecule has 0 bridgehead atoms. The summed E-state index contributed by atoms with van der Waals surface area (Å²) in [7, 11) is 0. The maximum absolute atomic E-state index is 11.2. The fourth-order valence-electron chi connectivity index (χ4n) is 1.30. The molecule has 0 saturated heterocycles. The predicted molar refractivity (Wildman–Crippen MR) is 52.6 cm³/mol. The molecule has 70 valence electrons. The second kappa shape index (κ2) is 3.10. The van der Waals surface area contributed by atoms with Gasteiger partial charge in [0.05, 0.1) is 0 Å². The molecule has 0 saturated carbocycles. The van der Waals surface area contributed by atoms with Gasteiger partial charge in [0.1, 0.15) is 11.9 Å². The average molecular weight is 188 g/mol. The zero-order valence-corrected chi connectivity index (χ0v) is 7.61. The van der Waals surface area contributed by atoms with Crippen LogP contribution in [0.3, 0.4) is 0 Å². The van der Waals surface area contributed by atoms with Crippen LogP contribution in [0.4, 0.5) is 0 Å². The van der Waals surface area contributed by atoms with Gasteiger partial charge in [0.15, 0.2) is 0 Å². The molecule has 0 radical (unpaired) electrons. The van der Waals surface area contributed by atoms with Crippen LogP contribution in [0.5, 0.6) is 0 Å². The second-order valence-electron chi connectivity index (χ2n) is 3.13. The minimum atomic E-state index is -0.361. The van der Waals surface area contributed by atoms with Gasteiger partial charge in [-0.15, -0.1) is 0 Å². The Labute approximate surface area is 80.0 Å². The van der Waals surface area contributed by atoms with Gasteiger partial charge in [-0.25, -0.2) is 4.79 Å². The Morgan fingerprint density at radius 2 is 2.07 bits per heavy atom. The Morgan fingerprint density at radius 1 is 1.29 bits per heavy atom. The molecule has 1 aromatic carbocycles. The molecule has 1 heterocycles. The van der Waals surface area contributed by atoms with Crippen LogP contribution in [0.15, 0.2) is 33.5 Å². The number of carbonyl (C=O) groups is 1. The van der Waals surface area contributed by atoms with E-state index >= 15 is 0 Å². The van der Waals surface area contributed by atoms with Gasteiger partial charge in [-0.1, -0.05) is 12.1 Å². The van der Waals surface area contributed by atoms with Gasteiger partial charge >= 0.3 is 5.63 Å². The molecule has 1 aromatic heterocycles. The number of carbonyl (C=O) groups excluding carboxylic acids is 1. The summed E-state index contributed by atoms with van der Waals surface area (Å²) in [6.07, 6.45) is 0.722. The average Bonchev–Trinajstić information content (AvgIpc) is 2.19. The van der Waals surface area contributed by atoms with E-state index in [0.29, 0.717) is 16.7 Å². The molecule has 0 amide bonds. The van der Waals surface area contributed by atoms with Gasteiger partial charge in [-0.3, -0.25) is 4.79 Å². The highest BCUT2D eigenvalue weighted by Crippen LogP contribution is 2.14. The Kier molecular flexibility index (Phi) is 1.93. The minimum absolute atomic E-state index is 0.361. The van der Waals surface area contributed by atoms with Crippen molar-refractivity contribution in [3.8, 4) is 0 Å². The molecule has 2 aromatic rings. The van der Waals surface area contributed by atoms with E-state index in [1.54, 1.807) is 31.2 Å². The molecular weight excluding hydrogens is 180 g/mol. The second-order valence-corrected chi connectivity index (χ2v) is 3.13. The van der Waals surface area contributed by atoms with E-state index < -0.39 is 0 Å². The molecule has 14 heavy (non-hydrogen) atoms. The molecule has 3 heteroatoms. The first-order valence-electron chi connectivity index (χ1n) is 4.20. The van der Waals surface area contributed by atoms with Crippen molar-refractivity contribution >= 4 is 17.3 Å². The smallest absolute Gasteiger partial charge is 0.339 e. The topological polar surface area (TPSA) is 47.3 Å². The fraction of sp³-hybridized carbons (Fsp3) is 0.0909. The molecule has 0 aliphatic carbocycles. The Morgan fingerprint density at radius 3 is 2.79 bits per heavy atom. The van der Waals surface area contributed by atoms with Gasteiger partial charge in [0, 0.05) is 16.5 Å². The monoisotopic (exact) mass is 188 g/mol. The van der Waals surface area contributed by atoms with Crippen LogP contribution in [-0.4, -0.2) is 6.29 Å². The summed E-state index contributed by atoms with van der Waals surface area (Å²) in [6.45, 7) is 1.69. The van der Waals surface area contributed by atoms with Crippen LogP contribution in [0.1, 0.15) is 15.9 Å². The van der Waals surface area contributed by atoms with Crippen molar-refractivity contribution in [3.05, 3.63) is 45.8 Å². The van der Waals surface area contributed by atoms with Gasteiger partial charge in [0.2, 0.25) is 0 Å². The van der Waals surface area contributed by atoms with Crippen molar-refractivity contribution < 1.29 is 9.21 Å². The number of aldehydes is 1. The summed E-state index contributed by atoms with van der Waals surface area (Å²) in [5.74, 6) is 0. The molecule has 2 rings (SSSR count). The lowest BCUT2D eigenvalue weighted by molar-refractivity contribution is 0.112. The number of fused-ring (bicyclic) bond motifs is 1. The lowest BCUT2D eigenvalue weighted by Crippen LogP contribution is -2.01. The first-order chi connectivity index (χ1) is 6.70. The van der Waals surface area contributed by atoms with E-state index in [0.717, 1.165) is 11.7 Å². The molecule has 0 fully saturated rings. The van der Waals surface area contributed by atoms with Gasteiger partial charge < -0.3 is 4.42 Å². The highest BCUT2D eigenvalue weighted by atomic mass is 16.4. The minimum Gasteiger partial charge on any atom is -0.423 e. The van der Waals surface area contributed by atoms with Crippen LogP contribution in [0.2, 0.25) is 0 Å². The van der Waals surface area contributed by atoms with E-state index in [-0.39, 0.29) is 5.63 Å². The summed E-state index contributed by atoms with van der Waals surface area (Å²) in [6, 6.07) is 6.75. The summed E-state index contributed by atoms with van der Waals surface area (Å²) >= 11 is 0. The Balaban J connectivity index is 2.83. The third kappa shape index (κ3) is 1.33. The van der Waals surface area contributed by atoms with Crippen molar-refractivity contribution in [2.24, 2.45) is 0 Å². The van der Waals surface area contributed by atoms with E-state index in [9.17, 15) is 9.59 Å². The molecular formula is C11H8O3. The lowest BCUT2D eigenvalue weighted by Gasteiger charge is -1.97. The van der Waals surface area contributed by atoms with Gasteiger partial charge in [0.25, 0.3) is 0 Å². The molecule has 0 unspecified atom stereocenters. The molecule has 0 atom stereocenters. The van der Waals surface area contributed by atoms with E-state index in [1.807, 2.05) is 0 Å². The third-order valence-corrected chi connectivity index (χ3v) is 2.07. The summed E-state index contributed by atoms with van der Waals surface area (Å²) in [5, 5.41) is 0.827. The van der Waals surface area contributed by atoms with E-state index in [4.69, 9.17) is 4.42 Å². The zero-order chi connectivity index (χ0) is 10.1. The molecule has 3 nitrogen and oxygen atoms in total.